The zero-order valence-corrected chi connectivity index (χ0v) is 22.5. The highest BCUT2D eigenvalue weighted by Crippen LogP contribution is 2.61. The van der Waals surface area contributed by atoms with Crippen LogP contribution in [0.5, 0.6) is 0 Å². The third kappa shape index (κ3) is 7.35. The minimum absolute atomic E-state index is 0.302. The first-order chi connectivity index (χ1) is 18.2. The van der Waals surface area contributed by atoms with Crippen LogP contribution in [0.3, 0.4) is 0 Å². The molecule has 2 fully saturated rings. The molecule has 2 saturated carbocycles. The summed E-state index contributed by atoms with van der Waals surface area (Å²) in [6.45, 7) is 2.16. The Labute approximate surface area is 226 Å². The molecule has 40 heavy (non-hydrogen) atoms. The minimum Gasteiger partial charge on any atom is -0.200 e. The maximum Gasteiger partial charge on any atom is 0.460 e. The number of rotatable bonds is 14. The third-order valence-electron chi connectivity index (χ3n) is 9.03. The van der Waals surface area contributed by atoms with Gasteiger partial charge in [-0.05, 0) is 55.8 Å². The van der Waals surface area contributed by atoms with Crippen LogP contribution < -0.4 is 0 Å². The highest BCUT2D eigenvalue weighted by Gasteiger charge is 2.90. The summed E-state index contributed by atoms with van der Waals surface area (Å²) in [6, 6.07) is 0. The summed E-state index contributed by atoms with van der Waals surface area (Å²) in [7, 11) is 0. The first kappa shape index (κ1) is 35.3. The highest BCUT2D eigenvalue weighted by atomic mass is 19.4. The molecule has 2 rings (SSSR count). The lowest BCUT2D eigenvalue weighted by molar-refractivity contribution is -0.440. The lowest BCUT2D eigenvalue weighted by Gasteiger charge is -2.40. The number of hydrogen-bond acceptors (Lipinski definition) is 0. The topological polar surface area (TPSA) is 0 Å². The molecule has 2 aliphatic rings. The Morgan fingerprint density at radius 2 is 0.850 bits per heavy atom. The Kier molecular flexibility index (Phi) is 11.6. The molecule has 0 N–H and O–H groups in total. The van der Waals surface area contributed by atoms with Crippen molar-refractivity contribution >= 4 is 0 Å². The summed E-state index contributed by atoms with van der Waals surface area (Å²) in [4.78, 5) is 0. The second-order valence-electron chi connectivity index (χ2n) is 11.8. The predicted molar refractivity (Wildman–Crippen MR) is 124 cm³/mol. The van der Waals surface area contributed by atoms with E-state index in [-0.39, 0.29) is 0 Å². The van der Waals surface area contributed by atoms with Crippen molar-refractivity contribution in [2.24, 2.45) is 23.7 Å². The number of halogens is 13. The van der Waals surface area contributed by atoms with E-state index >= 15 is 0 Å². The maximum atomic E-state index is 14.1. The van der Waals surface area contributed by atoms with Crippen LogP contribution in [0.1, 0.15) is 110 Å². The smallest absolute Gasteiger partial charge is 0.200 e. The zero-order chi connectivity index (χ0) is 30.6. The Balaban J connectivity index is 1.87. The van der Waals surface area contributed by atoms with Gasteiger partial charge in [-0.3, -0.25) is 0 Å². The van der Waals surface area contributed by atoms with E-state index in [9.17, 15) is 57.1 Å². The molecular formula is C27H39F13. The molecule has 0 bridgehead atoms. The van der Waals surface area contributed by atoms with Crippen LogP contribution in [0.25, 0.3) is 0 Å². The van der Waals surface area contributed by atoms with Gasteiger partial charge in [0.05, 0.1) is 0 Å². The van der Waals surface area contributed by atoms with Gasteiger partial charge in [0.1, 0.15) is 0 Å². The fraction of sp³-hybridized carbons (Fsp3) is 1.00. The second kappa shape index (κ2) is 13.2. The van der Waals surface area contributed by atoms with Gasteiger partial charge in [-0.15, -0.1) is 0 Å². The second-order valence-corrected chi connectivity index (χ2v) is 11.8. The fourth-order valence-corrected chi connectivity index (χ4v) is 6.28. The van der Waals surface area contributed by atoms with Crippen molar-refractivity contribution < 1.29 is 57.1 Å². The van der Waals surface area contributed by atoms with Gasteiger partial charge in [0.25, 0.3) is 0 Å². The van der Waals surface area contributed by atoms with Crippen LogP contribution in [-0.4, -0.2) is 35.8 Å². The molecule has 2 aliphatic carbocycles. The van der Waals surface area contributed by atoms with E-state index < -0.39 is 54.5 Å². The molecule has 0 heterocycles. The summed E-state index contributed by atoms with van der Waals surface area (Å²) >= 11 is 0. The number of alkyl halides is 13. The van der Waals surface area contributed by atoms with Crippen LogP contribution in [0, 0.1) is 23.7 Å². The Morgan fingerprint density at radius 1 is 0.450 bits per heavy atom. The molecule has 238 valence electrons. The van der Waals surface area contributed by atoms with E-state index in [0.29, 0.717) is 43.4 Å². The molecule has 0 unspecified atom stereocenters. The Bertz CT molecular complexity index is 759. The molecule has 0 radical (unpaired) electrons. The molecular weight excluding hydrogens is 571 g/mol. The third-order valence-corrected chi connectivity index (χ3v) is 9.03. The van der Waals surface area contributed by atoms with Crippen molar-refractivity contribution in [3.05, 3.63) is 0 Å². The maximum absolute atomic E-state index is 14.1. The standard InChI is InChI=1S/C27H39F13/c1-2-3-4-5-6-7-18-8-12-20(13-9-18)21-14-10-19(11-15-21)16-17-22(28,29)23(30,31)24(32,33)25(34,35)26(36,37)27(38,39)40/h18-21H,2-17H2,1H3/t18-,19?,20-,21?. The van der Waals surface area contributed by atoms with Gasteiger partial charge in [-0.25, -0.2) is 0 Å². The van der Waals surface area contributed by atoms with Crippen molar-refractivity contribution in [3.8, 4) is 0 Å². The van der Waals surface area contributed by atoms with E-state index in [1.54, 1.807) is 0 Å². The monoisotopic (exact) mass is 610 g/mol. The van der Waals surface area contributed by atoms with Crippen molar-refractivity contribution in [2.75, 3.05) is 0 Å². The molecule has 0 atom stereocenters. The van der Waals surface area contributed by atoms with Crippen LogP contribution in [0.2, 0.25) is 0 Å². The van der Waals surface area contributed by atoms with Crippen molar-refractivity contribution in [2.45, 2.75) is 145 Å². The SMILES string of the molecule is CCCCCCC[C@H]1CC[C@H](C2CCC(CCC(F)(F)C(F)(F)C(F)(F)C(F)(F)C(F)(F)C(F)(F)F)CC2)CC1. The predicted octanol–water partition coefficient (Wildman–Crippen LogP) is 11.5. The van der Waals surface area contributed by atoms with Crippen molar-refractivity contribution in [1.82, 2.24) is 0 Å². The molecule has 0 amide bonds. The van der Waals surface area contributed by atoms with Crippen molar-refractivity contribution in [3.63, 3.8) is 0 Å². The quantitative estimate of drug-likeness (QED) is 0.136. The van der Waals surface area contributed by atoms with E-state index in [0.717, 1.165) is 25.7 Å². The molecule has 0 aromatic heterocycles. The van der Waals surface area contributed by atoms with Crippen LogP contribution in [-0.2, 0) is 0 Å². The summed E-state index contributed by atoms with van der Waals surface area (Å²) in [5.41, 5.74) is 0. The van der Waals surface area contributed by atoms with Crippen LogP contribution in [0.15, 0.2) is 0 Å². The average Bonchev–Trinajstić information content (AvgIpc) is 2.87. The molecule has 0 aromatic rings. The first-order valence-electron chi connectivity index (χ1n) is 14.2. The Hall–Kier alpha value is -0.910. The minimum atomic E-state index is -7.82. The first-order valence-corrected chi connectivity index (χ1v) is 14.2. The van der Waals surface area contributed by atoms with E-state index in [2.05, 4.69) is 6.92 Å². The van der Waals surface area contributed by atoms with Gasteiger partial charge in [-0.1, -0.05) is 71.1 Å². The number of unbranched alkanes of at least 4 members (excludes halogenated alkanes) is 4. The fourth-order valence-electron chi connectivity index (χ4n) is 6.28. The van der Waals surface area contributed by atoms with Gasteiger partial charge in [-0.2, -0.15) is 57.1 Å². The molecule has 0 nitrogen and oxygen atoms in total. The molecule has 0 aliphatic heterocycles. The summed E-state index contributed by atoms with van der Waals surface area (Å²) in [5, 5.41) is 0. The van der Waals surface area contributed by atoms with E-state index in [1.165, 1.54) is 38.5 Å². The van der Waals surface area contributed by atoms with E-state index in [1.807, 2.05) is 0 Å². The normalized spacial score (nSPS) is 26.2. The van der Waals surface area contributed by atoms with Gasteiger partial charge in [0.2, 0.25) is 0 Å². The number of hydrogen-bond donors (Lipinski definition) is 0. The average molecular weight is 611 g/mol. The lowest BCUT2D eigenvalue weighted by Crippen LogP contribution is -2.70. The summed E-state index contributed by atoms with van der Waals surface area (Å²) in [6.07, 6.45) is 3.19. The molecule has 13 heteroatoms. The highest BCUT2D eigenvalue weighted by molar-refractivity contribution is 5.10. The van der Waals surface area contributed by atoms with Crippen molar-refractivity contribution in [1.29, 1.82) is 0 Å². The lowest BCUT2D eigenvalue weighted by atomic mass is 9.68. The van der Waals surface area contributed by atoms with Crippen LogP contribution >= 0.6 is 0 Å². The largest absolute Gasteiger partial charge is 0.460 e. The van der Waals surface area contributed by atoms with Gasteiger partial charge >= 0.3 is 35.8 Å². The Morgan fingerprint density at radius 3 is 1.27 bits per heavy atom. The summed E-state index contributed by atoms with van der Waals surface area (Å²) in [5.74, 6) is -35.5. The molecule has 0 saturated heterocycles. The zero-order valence-electron chi connectivity index (χ0n) is 22.5. The molecule has 0 spiro atoms. The molecule has 0 aromatic carbocycles. The van der Waals surface area contributed by atoms with Gasteiger partial charge in [0.15, 0.2) is 0 Å². The van der Waals surface area contributed by atoms with E-state index in [4.69, 9.17) is 0 Å². The summed E-state index contributed by atoms with van der Waals surface area (Å²) < 4.78 is 173. The van der Waals surface area contributed by atoms with Gasteiger partial charge < -0.3 is 0 Å². The van der Waals surface area contributed by atoms with Crippen LogP contribution in [0.4, 0.5) is 57.1 Å². The van der Waals surface area contributed by atoms with Gasteiger partial charge in [0, 0.05) is 6.42 Å².